The van der Waals surface area contributed by atoms with Crippen LogP contribution in [0.2, 0.25) is 0 Å². The molecular formula is C32H39F4NO. The molecule has 3 aromatic carbocycles. The number of hydrogen-bond donors (Lipinski definition) is 1. The van der Waals surface area contributed by atoms with E-state index >= 15 is 4.39 Å². The maximum Gasteiger partial charge on any atom is 0.416 e. The average Bonchev–Trinajstić information content (AvgIpc) is 2.84. The Hall–Kier alpha value is -2.86. The van der Waals surface area contributed by atoms with Gasteiger partial charge < -0.3 is 10.1 Å². The number of benzene rings is 3. The van der Waals surface area contributed by atoms with Gasteiger partial charge in [-0.05, 0) is 72.4 Å². The summed E-state index contributed by atoms with van der Waals surface area (Å²) in [5.74, 6) is -1.12. The van der Waals surface area contributed by atoms with Crippen molar-refractivity contribution in [2.24, 2.45) is 11.8 Å². The van der Waals surface area contributed by atoms with Crippen LogP contribution >= 0.6 is 0 Å². The van der Waals surface area contributed by atoms with Gasteiger partial charge in [0.2, 0.25) is 0 Å². The van der Waals surface area contributed by atoms with E-state index in [2.05, 4.69) is 36.5 Å². The molecule has 0 spiro atoms. The number of nitrogens with one attached hydrogen (secondary N) is 1. The van der Waals surface area contributed by atoms with E-state index in [1.54, 1.807) is 0 Å². The third-order valence-electron chi connectivity index (χ3n) is 6.85. The Balaban J connectivity index is 1.81. The highest BCUT2D eigenvalue weighted by molar-refractivity contribution is 5.40. The summed E-state index contributed by atoms with van der Waals surface area (Å²) in [5, 5.41) is 3.36. The third-order valence-corrected chi connectivity index (χ3v) is 6.85. The minimum absolute atomic E-state index is 0.206. The third kappa shape index (κ3) is 8.07. The Bertz CT molecular complexity index is 1150. The molecule has 206 valence electrons. The summed E-state index contributed by atoms with van der Waals surface area (Å²) in [4.78, 5) is 0. The van der Waals surface area contributed by atoms with Crippen LogP contribution in [0.3, 0.4) is 0 Å². The molecule has 0 heterocycles. The van der Waals surface area contributed by atoms with Crippen molar-refractivity contribution in [2.45, 2.75) is 65.6 Å². The van der Waals surface area contributed by atoms with E-state index in [0.717, 1.165) is 30.3 Å². The fourth-order valence-electron chi connectivity index (χ4n) is 5.13. The van der Waals surface area contributed by atoms with Gasteiger partial charge in [-0.2, -0.15) is 13.2 Å². The molecule has 0 saturated carbocycles. The monoisotopic (exact) mass is 529 g/mol. The first-order chi connectivity index (χ1) is 18.0. The maximum absolute atomic E-state index is 15.1. The van der Waals surface area contributed by atoms with Gasteiger partial charge in [0.05, 0.1) is 5.56 Å². The van der Waals surface area contributed by atoms with Gasteiger partial charge in [0.15, 0.2) is 0 Å². The van der Waals surface area contributed by atoms with Crippen molar-refractivity contribution < 1.29 is 22.3 Å². The highest BCUT2D eigenvalue weighted by Crippen LogP contribution is 2.47. The van der Waals surface area contributed by atoms with Crippen molar-refractivity contribution in [3.8, 4) is 5.75 Å². The van der Waals surface area contributed by atoms with Crippen LogP contribution in [-0.2, 0) is 12.7 Å². The second kappa shape index (κ2) is 13.3. The minimum Gasteiger partial charge on any atom is -0.492 e. The largest absolute Gasteiger partial charge is 0.492 e. The van der Waals surface area contributed by atoms with E-state index in [9.17, 15) is 13.2 Å². The molecule has 0 saturated heterocycles. The average molecular weight is 530 g/mol. The molecule has 0 aliphatic carbocycles. The lowest BCUT2D eigenvalue weighted by Crippen LogP contribution is -2.24. The van der Waals surface area contributed by atoms with Gasteiger partial charge in [-0.25, -0.2) is 4.39 Å². The van der Waals surface area contributed by atoms with Crippen LogP contribution in [0.15, 0.2) is 66.7 Å². The van der Waals surface area contributed by atoms with Crippen molar-refractivity contribution in [1.82, 2.24) is 5.32 Å². The molecule has 0 fully saturated rings. The molecule has 0 amide bonds. The van der Waals surface area contributed by atoms with Crippen LogP contribution in [0.25, 0.3) is 0 Å². The van der Waals surface area contributed by atoms with E-state index in [4.69, 9.17) is 4.74 Å². The fraction of sp³-hybridized carbons (Fsp3) is 0.438. The topological polar surface area (TPSA) is 21.3 Å². The quantitative estimate of drug-likeness (QED) is 0.187. The lowest BCUT2D eigenvalue weighted by Gasteiger charge is -2.34. The van der Waals surface area contributed by atoms with Crippen molar-refractivity contribution in [1.29, 1.82) is 0 Å². The second-order valence-electron chi connectivity index (χ2n) is 10.8. The standard InChI is InChI=1S/C32H39F4NO/c1-21(2)18-27(30(22(3)4)31-28(32(34,35)36)10-7-11-29(31)33)25-8-6-9-26(19-25)38-17-16-37-20-24-14-12-23(5)13-15-24/h6-15,19,21-22,27,30,37H,16-18,20H2,1-5H3. The van der Waals surface area contributed by atoms with Gasteiger partial charge in [0.25, 0.3) is 0 Å². The highest BCUT2D eigenvalue weighted by atomic mass is 19.4. The van der Waals surface area contributed by atoms with Gasteiger partial charge in [0, 0.05) is 18.7 Å². The Kier molecular flexibility index (Phi) is 10.4. The van der Waals surface area contributed by atoms with Crippen LogP contribution in [0.4, 0.5) is 17.6 Å². The van der Waals surface area contributed by atoms with Crippen LogP contribution in [0.5, 0.6) is 5.75 Å². The molecule has 1 N–H and O–H groups in total. The number of halogens is 4. The summed E-state index contributed by atoms with van der Waals surface area (Å²) in [5.41, 5.74) is 2.14. The molecule has 0 aliphatic heterocycles. The molecule has 0 radical (unpaired) electrons. The van der Waals surface area contributed by atoms with Crippen molar-refractivity contribution in [3.05, 3.63) is 100 Å². The summed E-state index contributed by atoms with van der Waals surface area (Å²) in [6, 6.07) is 19.1. The molecule has 2 nitrogen and oxygen atoms in total. The lowest BCUT2D eigenvalue weighted by molar-refractivity contribution is -0.138. The molecule has 3 rings (SSSR count). The minimum atomic E-state index is -4.64. The smallest absolute Gasteiger partial charge is 0.416 e. The SMILES string of the molecule is Cc1ccc(CNCCOc2cccc(C(CC(C)C)C(c3c(F)cccc3C(F)(F)F)C(C)C)c2)cc1. The Morgan fingerprint density at radius 1 is 0.895 bits per heavy atom. The van der Waals surface area contributed by atoms with Crippen LogP contribution in [-0.4, -0.2) is 13.2 Å². The number of rotatable bonds is 12. The van der Waals surface area contributed by atoms with Crippen molar-refractivity contribution in [3.63, 3.8) is 0 Å². The van der Waals surface area contributed by atoms with E-state index in [1.807, 2.05) is 52.0 Å². The molecule has 2 atom stereocenters. The molecule has 0 bridgehead atoms. The molecule has 2 unspecified atom stereocenters. The summed E-state index contributed by atoms with van der Waals surface area (Å²) in [6.07, 6.45) is -4.01. The number of ether oxygens (including phenoxy) is 1. The highest BCUT2D eigenvalue weighted by Gasteiger charge is 2.40. The van der Waals surface area contributed by atoms with E-state index in [-0.39, 0.29) is 23.3 Å². The molecule has 0 aromatic heterocycles. The van der Waals surface area contributed by atoms with E-state index < -0.39 is 23.5 Å². The zero-order valence-electron chi connectivity index (χ0n) is 22.9. The van der Waals surface area contributed by atoms with Crippen LogP contribution < -0.4 is 10.1 Å². The first-order valence-electron chi connectivity index (χ1n) is 13.3. The van der Waals surface area contributed by atoms with Crippen LogP contribution in [0, 0.1) is 24.6 Å². The Labute approximate surface area is 224 Å². The maximum atomic E-state index is 15.1. The summed E-state index contributed by atoms with van der Waals surface area (Å²) < 4.78 is 63.1. The van der Waals surface area contributed by atoms with Gasteiger partial charge >= 0.3 is 6.18 Å². The van der Waals surface area contributed by atoms with Crippen molar-refractivity contribution >= 4 is 0 Å². The first-order valence-corrected chi connectivity index (χ1v) is 13.3. The predicted octanol–water partition coefficient (Wildman–Crippen LogP) is 8.89. The zero-order valence-corrected chi connectivity index (χ0v) is 22.9. The fourth-order valence-corrected chi connectivity index (χ4v) is 5.13. The summed E-state index contributed by atoms with van der Waals surface area (Å²) in [7, 11) is 0. The van der Waals surface area contributed by atoms with E-state index in [0.29, 0.717) is 25.3 Å². The van der Waals surface area contributed by atoms with E-state index in [1.165, 1.54) is 11.1 Å². The molecule has 0 aliphatic rings. The van der Waals surface area contributed by atoms with Gasteiger partial charge in [0.1, 0.15) is 18.2 Å². The lowest BCUT2D eigenvalue weighted by atomic mass is 9.70. The number of aryl methyl sites for hydroxylation is 1. The molecular weight excluding hydrogens is 490 g/mol. The van der Waals surface area contributed by atoms with Gasteiger partial charge in [-0.15, -0.1) is 0 Å². The van der Waals surface area contributed by atoms with Crippen molar-refractivity contribution in [2.75, 3.05) is 13.2 Å². The van der Waals surface area contributed by atoms with Gasteiger partial charge in [-0.3, -0.25) is 0 Å². The predicted molar refractivity (Wildman–Crippen MR) is 146 cm³/mol. The number of alkyl halides is 3. The molecule has 6 heteroatoms. The second-order valence-corrected chi connectivity index (χ2v) is 10.8. The van der Waals surface area contributed by atoms with Crippen LogP contribution in [0.1, 0.15) is 73.8 Å². The summed E-state index contributed by atoms with van der Waals surface area (Å²) >= 11 is 0. The zero-order chi connectivity index (χ0) is 27.9. The Morgan fingerprint density at radius 3 is 2.21 bits per heavy atom. The molecule has 3 aromatic rings. The normalized spacial score (nSPS) is 13.7. The first kappa shape index (κ1) is 29.7. The van der Waals surface area contributed by atoms with Gasteiger partial charge in [-0.1, -0.05) is 75.7 Å². The number of hydrogen-bond acceptors (Lipinski definition) is 2. The summed E-state index contributed by atoms with van der Waals surface area (Å²) in [6.45, 7) is 11.7. The Morgan fingerprint density at radius 2 is 1.58 bits per heavy atom. The molecule has 38 heavy (non-hydrogen) atoms.